The molecule has 160 valence electrons. The summed E-state index contributed by atoms with van der Waals surface area (Å²) in [6.45, 7) is 2.53. The van der Waals surface area contributed by atoms with Crippen LogP contribution in [0.3, 0.4) is 0 Å². The van der Waals surface area contributed by atoms with E-state index in [4.69, 9.17) is 21.1 Å². The van der Waals surface area contributed by atoms with E-state index in [0.29, 0.717) is 23.1 Å². The van der Waals surface area contributed by atoms with Crippen LogP contribution < -0.4 is 20.2 Å². The smallest absolute Gasteiger partial charge is 0.259 e. The number of hydrogen-bond donors (Lipinski definition) is 2. The van der Waals surface area contributed by atoms with Crippen molar-refractivity contribution in [2.75, 3.05) is 19.0 Å². The summed E-state index contributed by atoms with van der Waals surface area (Å²) in [4.78, 5) is 12.0. The number of carbonyl (C=O) groups excluding carboxylic acids is 1. The number of hydrazone groups is 1. The molecule has 0 aliphatic carbocycles. The molecule has 31 heavy (non-hydrogen) atoms. The van der Waals surface area contributed by atoms with Crippen molar-refractivity contribution in [3.8, 4) is 11.5 Å². The molecule has 0 bridgehead atoms. The van der Waals surface area contributed by atoms with E-state index in [0.717, 1.165) is 22.4 Å². The van der Waals surface area contributed by atoms with Crippen LogP contribution >= 0.6 is 11.6 Å². The Labute approximate surface area is 186 Å². The van der Waals surface area contributed by atoms with Crippen LogP contribution in [0, 0.1) is 6.92 Å². The van der Waals surface area contributed by atoms with Crippen molar-refractivity contribution in [2.45, 2.75) is 13.5 Å². The fourth-order valence-corrected chi connectivity index (χ4v) is 2.82. The number of nitrogens with zero attached hydrogens (tertiary/aromatic N) is 1. The Bertz CT molecular complexity index is 1030. The molecule has 0 saturated carbocycles. The quantitative estimate of drug-likeness (QED) is 0.372. The Hall–Kier alpha value is -3.51. The summed E-state index contributed by atoms with van der Waals surface area (Å²) in [5.74, 6) is 0.943. The standard InChI is InChI=1S/C24H24ClN3O3/c1-17-3-10-21(11-4-17)26-15-24(29)28-27-14-19-7-12-22(23(13-19)30-2)31-16-18-5-8-20(25)9-6-18/h3-14,26H,15-16H2,1-2H3,(H,28,29)/b27-14-. The number of anilines is 1. The van der Waals surface area contributed by atoms with E-state index in [9.17, 15) is 4.79 Å². The predicted octanol–water partition coefficient (Wildman–Crippen LogP) is 4.80. The van der Waals surface area contributed by atoms with Gasteiger partial charge in [-0.15, -0.1) is 0 Å². The largest absolute Gasteiger partial charge is 0.493 e. The van der Waals surface area contributed by atoms with Gasteiger partial charge in [-0.3, -0.25) is 4.79 Å². The number of aryl methyl sites for hydroxylation is 1. The third-order valence-electron chi connectivity index (χ3n) is 4.40. The first-order valence-electron chi connectivity index (χ1n) is 9.71. The fourth-order valence-electron chi connectivity index (χ4n) is 2.70. The Kier molecular flexibility index (Phi) is 7.90. The minimum Gasteiger partial charge on any atom is -0.493 e. The molecule has 0 atom stereocenters. The number of hydrogen-bond acceptors (Lipinski definition) is 5. The summed E-state index contributed by atoms with van der Waals surface area (Å²) in [5.41, 5.74) is 6.31. The first kappa shape index (κ1) is 22.2. The van der Waals surface area contributed by atoms with Gasteiger partial charge in [0, 0.05) is 10.7 Å². The fraction of sp³-hybridized carbons (Fsp3) is 0.167. The minimum atomic E-state index is -0.244. The maximum Gasteiger partial charge on any atom is 0.259 e. The topological polar surface area (TPSA) is 72.0 Å². The second kappa shape index (κ2) is 11.0. The van der Waals surface area contributed by atoms with Gasteiger partial charge in [-0.25, -0.2) is 5.43 Å². The highest BCUT2D eigenvalue weighted by molar-refractivity contribution is 6.30. The van der Waals surface area contributed by atoms with Gasteiger partial charge >= 0.3 is 0 Å². The van der Waals surface area contributed by atoms with Gasteiger partial charge in [-0.1, -0.05) is 41.4 Å². The molecule has 2 N–H and O–H groups in total. The normalized spacial score (nSPS) is 10.7. The Morgan fingerprint density at radius 1 is 1.03 bits per heavy atom. The summed E-state index contributed by atoms with van der Waals surface area (Å²) < 4.78 is 11.3. The van der Waals surface area contributed by atoms with Crippen LogP contribution in [-0.4, -0.2) is 25.8 Å². The number of carbonyl (C=O) groups is 1. The molecule has 0 spiro atoms. The van der Waals surface area contributed by atoms with Crippen LogP contribution in [0.5, 0.6) is 11.5 Å². The zero-order valence-electron chi connectivity index (χ0n) is 17.4. The van der Waals surface area contributed by atoms with Gasteiger partial charge in [0.15, 0.2) is 11.5 Å². The van der Waals surface area contributed by atoms with Gasteiger partial charge in [-0.2, -0.15) is 5.10 Å². The number of halogens is 1. The number of nitrogens with one attached hydrogen (secondary N) is 2. The van der Waals surface area contributed by atoms with Gasteiger partial charge in [0.25, 0.3) is 5.91 Å². The van der Waals surface area contributed by atoms with Crippen LogP contribution in [0.4, 0.5) is 5.69 Å². The second-order valence-corrected chi connectivity index (χ2v) is 7.27. The SMILES string of the molecule is COc1cc(/C=N\NC(=O)CNc2ccc(C)cc2)ccc1OCc1ccc(Cl)cc1. The molecular weight excluding hydrogens is 414 g/mol. The van der Waals surface area contributed by atoms with Crippen molar-refractivity contribution >= 4 is 29.4 Å². The summed E-state index contributed by atoms with van der Waals surface area (Å²) in [6, 6.07) is 20.7. The van der Waals surface area contributed by atoms with Crippen LogP contribution in [0.1, 0.15) is 16.7 Å². The van der Waals surface area contributed by atoms with Crippen molar-refractivity contribution in [1.82, 2.24) is 5.43 Å². The third-order valence-corrected chi connectivity index (χ3v) is 4.65. The molecule has 0 heterocycles. The van der Waals surface area contributed by atoms with Crippen LogP contribution in [-0.2, 0) is 11.4 Å². The van der Waals surface area contributed by atoms with Crippen LogP contribution in [0.2, 0.25) is 5.02 Å². The van der Waals surface area contributed by atoms with E-state index >= 15 is 0 Å². The summed E-state index contributed by atoms with van der Waals surface area (Å²) in [5, 5.41) is 7.73. The molecular formula is C24H24ClN3O3. The molecule has 0 aliphatic rings. The molecule has 6 nitrogen and oxygen atoms in total. The number of benzene rings is 3. The molecule has 0 aromatic heterocycles. The monoisotopic (exact) mass is 437 g/mol. The molecule has 0 fully saturated rings. The number of rotatable bonds is 9. The second-order valence-electron chi connectivity index (χ2n) is 6.84. The van der Waals surface area contributed by atoms with Crippen molar-refractivity contribution in [1.29, 1.82) is 0 Å². The van der Waals surface area contributed by atoms with E-state index in [1.165, 1.54) is 0 Å². The molecule has 0 saturated heterocycles. The molecule has 7 heteroatoms. The highest BCUT2D eigenvalue weighted by Crippen LogP contribution is 2.28. The van der Waals surface area contributed by atoms with Crippen LogP contribution in [0.25, 0.3) is 0 Å². The third kappa shape index (κ3) is 7.04. The molecule has 3 rings (SSSR count). The van der Waals surface area contributed by atoms with Crippen molar-refractivity contribution in [3.63, 3.8) is 0 Å². The minimum absolute atomic E-state index is 0.126. The molecule has 0 unspecified atom stereocenters. The van der Waals surface area contributed by atoms with Gasteiger partial charge in [0.05, 0.1) is 19.9 Å². The molecule has 0 radical (unpaired) electrons. The predicted molar refractivity (Wildman–Crippen MR) is 124 cm³/mol. The van der Waals surface area contributed by atoms with Gasteiger partial charge < -0.3 is 14.8 Å². The Balaban J connectivity index is 1.51. The first-order valence-corrected chi connectivity index (χ1v) is 10.1. The number of ether oxygens (including phenoxy) is 2. The Morgan fingerprint density at radius 3 is 2.48 bits per heavy atom. The average molecular weight is 438 g/mol. The summed E-state index contributed by atoms with van der Waals surface area (Å²) in [6.07, 6.45) is 1.55. The lowest BCUT2D eigenvalue weighted by atomic mass is 10.2. The van der Waals surface area contributed by atoms with Gasteiger partial charge in [-0.05, 0) is 60.5 Å². The lowest BCUT2D eigenvalue weighted by Gasteiger charge is -2.11. The van der Waals surface area contributed by atoms with E-state index in [2.05, 4.69) is 15.8 Å². The van der Waals surface area contributed by atoms with Gasteiger partial charge in [0.1, 0.15) is 6.61 Å². The maximum absolute atomic E-state index is 12.0. The van der Waals surface area contributed by atoms with Crippen LogP contribution in [0.15, 0.2) is 71.8 Å². The number of amides is 1. The summed E-state index contributed by atoms with van der Waals surface area (Å²) in [7, 11) is 1.57. The first-order chi connectivity index (χ1) is 15.0. The van der Waals surface area contributed by atoms with Crippen molar-refractivity contribution < 1.29 is 14.3 Å². The number of methoxy groups -OCH3 is 1. The van der Waals surface area contributed by atoms with E-state index < -0.39 is 0 Å². The van der Waals surface area contributed by atoms with E-state index in [1.54, 1.807) is 25.5 Å². The van der Waals surface area contributed by atoms with Crippen molar-refractivity contribution in [2.24, 2.45) is 5.10 Å². The molecule has 1 amide bonds. The lowest BCUT2D eigenvalue weighted by molar-refractivity contribution is -0.119. The maximum atomic E-state index is 12.0. The van der Waals surface area contributed by atoms with Gasteiger partial charge in [0.2, 0.25) is 0 Å². The van der Waals surface area contributed by atoms with E-state index in [1.807, 2.05) is 61.5 Å². The lowest BCUT2D eigenvalue weighted by Crippen LogP contribution is -2.25. The van der Waals surface area contributed by atoms with Crippen molar-refractivity contribution in [3.05, 3.63) is 88.4 Å². The molecule has 0 aliphatic heterocycles. The Morgan fingerprint density at radius 2 is 1.77 bits per heavy atom. The van der Waals surface area contributed by atoms with E-state index in [-0.39, 0.29) is 12.5 Å². The summed E-state index contributed by atoms with van der Waals surface area (Å²) >= 11 is 5.90. The zero-order chi connectivity index (χ0) is 22.1. The molecule has 3 aromatic carbocycles. The highest BCUT2D eigenvalue weighted by atomic mass is 35.5. The average Bonchev–Trinajstić information content (AvgIpc) is 2.78. The highest BCUT2D eigenvalue weighted by Gasteiger charge is 2.06. The molecule has 3 aromatic rings. The zero-order valence-corrected chi connectivity index (χ0v) is 18.1.